The maximum atomic E-state index is 11.8. The summed E-state index contributed by atoms with van der Waals surface area (Å²) in [6, 6.07) is 7.72. The van der Waals surface area contributed by atoms with Crippen molar-refractivity contribution in [1.82, 2.24) is 10.6 Å². The number of carbonyl (C=O) groups is 1. The van der Waals surface area contributed by atoms with Crippen LogP contribution in [0.15, 0.2) is 24.3 Å². The minimum atomic E-state index is -0.507. The second-order valence-corrected chi connectivity index (χ2v) is 4.57. The number of amides is 1. The van der Waals surface area contributed by atoms with Crippen LogP contribution in [0.25, 0.3) is 0 Å². The van der Waals surface area contributed by atoms with Crippen molar-refractivity contribution >= 4 is 5.91 Å². The standard InChI is InChI=1S/C15H24N2O3/c1-12(15(18)17-9-4-10-19-3)20-14-7-5-13(6-8-14)11-16-2/h5-8,12,16H,4,9-11H2,1-3H3,(H,17,18). The van der Waals surface area contributed by atoms with Crippen LogP contribution in [0.4, 0.5) is 0 Å². The van der Waals surface area contributed by atoms with Crippen LogP contribution in [0.2, 0.25) is 0 Å². The van der Waals surface area contributed by atoms with E-state index >= 15 is 0 Å². The van der Waals surface area contributed by atoms with E-state index in [1.54, 1.807) is 14.0 Å². The molecule has 0 aliphatic rings. The van der Waals surface area contributed by atoms with Crippen LogP contribution in [-0.4, -0.2) is 39.3 Å². The molecule has 0 fully saturated rings. The van der Waals surface area contributed by atoms with E-state index in [-0.39, 0.29) is 5.91 Å². The van der Waals surface area contributed by atoms with Crippen molar-refractivity contribution in [2.75, 3.05) is 27.3 Å². The number of methoxy groups -OCH3 is 1. The molecule has 0 saturated carbocycles. The molecule has 2 N–H and O–H groups in total. The highest BCUT2D eigenvalue weighted by molar-refractivity contribution is 5.80. The van der Waals surface area contributed by atoms with Gasteiger partial charge in [0.1, 0.15) is 5.75 Å². The number of benzene rings is 1. The van der Waals surface area contributed by atoms with Gasteiger partial charge in [-0.25, -0.2) is 0 Å². The first kappa shape index (κ1) is 16.5. The highest BCUT2D eigenvalue weighted by Gasteiger charge is 2.13. The second-order valence-electron chi connectivity index (χ2n) is 4.57. The van der Waals surface area contributed by atoms with Crippen LogP contribution in [0.3, 0.4) is 0 Å². The predicted octanol–water partition coefficient (Wildman–Crippen LogP) is 1.33. The number of ether oxygens (including phenoxy) is 2. The summed E-state index contributed by atoms with van der Waals surface area (Å²) in [6.45, 7) is 3.80. The van der Waals surface area contributed by atoms with Gasteiger partial charge < -0.3 is 20.1 Å². The molecule has 5 nitrogen and oxygen atoms in total. The average molecular weight is 280 g/mol. The summed E-state index contributed by atoms with van der Waals surface area (Å²) in [7, 11) is 3.55. The normalized spacial score (nSPS) is 11.9. The third kappa shape index (κ3) is 6.04. The lowest BCUT2D eigenvalue weighted by atomic mass is 10.2. The Morgan fingerprint density at radius 2 is 2.00 bits per heavy atom. The van der Waals surface area contributed by atoms with Gasteiger partial charge in [0, 0.05) is 26.8 Å². The zero-order chi connectivity index (χ0) is 14.8. The predicted molar refractivity (Wildman–Crippen MR) is 78.8 cm³/mol. The van der Waals surface area contributed by atoms with E-state index in [1.165, 1.54) is 5.56 Å². The minimum absolute atomic E-state index is 0.111. The Morgan fingerprint density at radius 3 is 2.60 bits per heavy atom. The molecule has 0 radical (unpaired) electrons. The Morgan fingerprint density at radius 1 is 1.30 bits per heavy atom. The second kappa shape index (κ2) is 9.34. The van der Waals surface area contributed by atoms with Crippen molar-refractivity contribution in [1.29, 1.82) is 0 Å². The van der Waals surface area contributed by atoms with Crippen LogP contribution in [0.5, 0.6) is 5.75 Å². The number of hydrogen-bond donors (Lipinski definition) is 2. The fraction of sp³-hybridized carbons (Fsp3) is 0.533. The molecule has 0 aliphatic carbocycles. The maximum Gasteiger partial charge on any atom is 0.260 e. The van der Waals surface area contributed by atoms with Gasteiger partial charge in [0.15, 0.2) is 6.10 Å². The summed E-state index contributed by atoms with van der Waals surface area (Å²) in [6.07, 6.45) is 0.293. The largest absolute Gasteiger partial charge is 0.481 e. The maximum absolute atomic E-state index is 11.8. The van der Waals surface area contributed by atoms with Crippen LogP contribution in [0.1, 0.15) is 18.9 Å². The van der Waals surface area contributed by atoms with Gasteiger partial charge in [-0.1, -0.05) is 12.1 Å². The molecular formula is C15H24N2O3. The zero-order valence-corrected chi connectivity index (χ0v) is 12.4. The van der Waals surface area contributed by atoms with Gasteiger partial charge in [-0.15, -0.1) is 0 Å². The number of hydrogen-bond acceptors (Lipinski definition) is 4. The lowest BCUT2D eigenvalue weighted by Gasteiger charge is -2.15. The van der Waals surface area contributed by atoms with Crippen LogP contribution in [-0.2, 0) is 16.1 Å². The third-order valence-corrected chi connectivity index (χ3v) is 2.81. The molecule has 0 heterocycles. The lowest BCUT2D eigenvalue weighted by Crippen LogP contribution is -2.37. The Hall–Kier alpha value is -1.59. The van der Waals surface area contributed by atoms with Crippen LogP contribution in [0, 0.1) is 0 Å². The van der Waals surface area contributed by atoms with Gasteiger partial charge in [0.2, 0.25) is 0 Å². The van der Waals surface area contributed by atoms with Gasteiger partial charge in [0.25, 0.3) is 5.91 Å². The van der Waals surface area contributed by atoms with Gasteiger partial charge in [0.05, 0.1) is 0 Å². The molecule has 0 aliphatic heterocycles. The monoisotopic (exact) mass is 280 g/mol. The molecule has 1 aromatic rings. The molecule has 112 valence electrons. The Kier molecular flexibility index (Phi) is 7.69. The smallest absolute Gasteiger partial charge is 0.260 e. The van der Waals surface area contributed by atoms with Gasteiger partial charge in [-0.2, -0.15) is 0 Å². The number of carbonyl (C=O) groups excluding carboxylic acids is 1. The average Bonchev–Trinajstić information content (AvgIpc) is 2.45. The Labute approximate surface area is 120 Å². The molecule has 1 aromatic carbocycles. The fourth-order valence-corrected chi connectivity index (χ4v) is 1.72. The first-order chi connectivity index (χ1) is 9.67. The van der Waals surface area contributed by atoms with E-state index in [1.807, 2.05) is 31.3 Å². The molecule has 1 unspecified atom stereocenters. The highest BCUT2D eigenvalue weighted by atomic mass is 16.5. The van der Waals surface area contributed by atoms with Crippen molar-refractivity contribution in [2.45, 2.75) is 26.0 Å². The van der Waals surface area contributed by atoms with E-state index in [4.69, 9.17) is 9.47 Å². The number of rotatable bonds is 9. The SMILES string of the molecule is CNCc1ccc(OC(C)C(=O)NCCCOC)cc1. The van der Waals surface area contributed by atoms with E-state index < -0.39 is 6.10 Å². The van der Waals surface area contributed by atoms with Crippen molar-refractivity contribution < 1.29 is 14.3 Å². The van der Waals surface area contributed by atoms with Gasteiger partial charge >= 0.3 is 0 Å². The van der Waals surface area contributed by atoms with Crippen molar-refractivity contribution in [3.05, 3.63) is 29.8 Å². The highest BCUT2D eigenvalue weighted by Crippen LogP contribution is 2.13. The topological polar surface area (TPSA) is 59.6 Å². The Balaban J connectivity index is 2.36. The first-order valence-corrected chi connectivity index (χ1v) is 6.84. The summed E-state index contributed by atoms with van der Waals surface area (Å²) < 4.78 is 10.5. The lowest BCUT2D eigenvalue weighted by molar-refractivity contribution is -0.127. The molecule has 0 bridgehead atoms. The van der Waals surface area contributed by atoms with E-state index in [0.29, 0.717) is 18.9 Å². The summed E-state index contributed by atoms with van der Waals surface area (Å²) in [5.41, 5.74) is 1.18. The fourth-order valence-electron chi connectivity index (χ4n) is 1.72. The molecular weight excluding hydrogens is 256 g/mol. The summed E-state index contributed by atoms with van der Waals surface area (Å²) in [5, 5.41) is 5.90. The molecule has 0 aromatic heterocycles. The molecule has 0 saturated heterocycles. The molecule has 5 heteroatoms. The van der Waals surface area contributed by atoms with E-state index in [0.717, 1.165) is 13.0 Å². The quantitative estimate of drug-likeness (QED) is 0.670. The van der Waals surface area contributed by atoms with E-state index in [9.17, 15) is 4.79 Å². The molecule has 1 amide bonds. The number of nitrogens with one attached hydrogen (secondary N) is 2. The van der Waals surface area contributed by atoms with Crippen molar-refractivity contribution in [2.24, 2.45) is 0 Å². The first-order valence-electron chi connectivity index (χ1n) is 6.84. The van der Waals surface area contributed by atoms with Crippen molar-refractivity contribution in [3.63, 3.8) is 0 Å². The van der Waals surface area contributed by atoms with Gasteiger partial charge in [-0.3, -0.25) is 4.79 Å². The summed E-state index contributed by atoms with van der Waals surface area (Å²) in [5.74, 6) is 0.588. The summed E-state index contributed by atoms with van der Waals surface area (Å²) in [4.78, 5) is 11.8. The molecule has 20 heavy (non-hydrogen) atoms. The molecule has 0 spiro atoms. The van der Waals surface area contributed by atoms with E-state index in [2.05, 4.69) is 10.6 Å². The minimum Gasteiger partial charge on any atom is -0.481 e. The van der Waals surface area contributed by atoms with Crippen LogP contribution < -0.4 is 15.4 Å². The van der Waals surface area contributed by atoms with Crippen molar-refractivity contribution in [3.8, 4) is 5.75 Å². The Bertz CT molecular complexity index is 393. The summed E-state index contributed by atoms with van der Waals surface area (Å²) >= 11 is 0. The van der Waals surface area contributed by atoms with Gasteiger partial charge in [-0.05, 0) is 38.1 Å². The third-order valence-electron chi connectivity index (χ3n) is 2.81. The molecule has 1 rings (SSSR count). The zero-order valence-electron chi connectivity index (χ0n) is 12.4. The molecule has 1 atom stereocenters. The van der Waals surface area contributed by atoms with Crippen LogP contribution >= 0.6 is 0 Å².